The van der Waals surface area contributed by atoms with Gasteiger partial charge < -0.3 is 10.4 Å². The van der Waals surface area contributed by atoms with E-state index in [1.807, 2.05) is 49.0 Å². The molecular formula is C26H29N7O2. The Morgan fingerprint density at radius 2 is 1.91 bits per heavy atom. The van der Waals surface area contributed by atoms with Crippen molar-refractivity contribution in [2.75, 3.05) is 11.9 Å². The van der Waals surface area contributed by atoms with E-state index in [1.165, 1.54) is 0 Å². The van der Waals surface area contributed by atoms with Crippen LogP contribution in [0, 0.1) is 6.92 Å². The highest BCUT2D eigenvalue weighted by Gasteiger charge is 2.20. The first-order valence-electron chi connectivity index (χ1n) is 11.7. The number of hydrogen-bond donors (Lipinski definition) is 2. The average molecular weight is 472 g/mol. The molecule has 0 bridgehead atoms. The molecule has 4 heterocycles. The van der Waals surface area contributed by atoms with Crippen LogP contribution in [0.3, 0.4) is 0 Å². The third-order valence-electron chi connectivity index (χ3n) is 6.36. The Balaban J connectivity index is 1.79. The number of pyridine rings is 2. The Morgan fingerprint density at radius 3 is 2.60 bits per heavy atom. The number of anilines is 1. The van der Waals surface area contributed by atoms with Crippen LogP contribution in [-0.2, 0) is 13.7 Å². The zero-order valence-corrected chi connectivity index (χ0v) is 20.6. The van der Waals surface area contributed by atoms with Gasteiger partial charge in [-0.05, 0) is 51.5 Å². The van der Waals surface area contributed by atoms with Crippen LogP contribution in [0.4, 0.5) is 5.69 Å². The Labute approximate surface area is 202 Å². The molecule has 2 N–H and O–H groups in total. The van der Waals surface area contributed by atoms with E-state index >= 15 is 0 Å². The van der Waals surface area contributed by atoms with Crippen LogP contribution in [0.15, 0.2) is 47.7 Å². The van der Waals surface area contributed by atoms with Crippen molar-refractivity contribution < 1.29 is 5.11 Å². The molecular weight excluding hydrogens is 442 g/mol. The number of nitrogens with zero attached hydrogens (tertiary/aromatic N) is 6. The topological polar surface area (TPSA) is 103 Å². The Hall–Kier alpha value is -3.98. The number of aryl methyl sites for hydroxylation is 2. The van der Waals surface area contributed by atoms with E-state index in [4.69, 9.17) is 0 Å². The Bertz CT molecular complexity index is 1620. The van der Waals surface area contributed by atoms with Crippen LogP contribution in [0.1, 0.15) is 38.2 Å². The van der Waals surface area contributed by atoms with Crippen LogP contribution in [0.2, 0.25) is 0 Å². The molecule has 0 spiro atoms. The number of imidazole rings is 1. The molecule has 35 heavy (non-hydrogen) atoms. The van der Waals surface area contributed by atoms with Crippen molar-refractivity contribution in [2.45, 2.75) is 40.3 Å². The third-order valence-corrected chi connectivity index (χ3v) is 6.36. The molecule has 0 saturated heterocycles. The highest BCUT2D eigenvalue weighted by Crippen LogP contribution is 2.31. The van der Waals surface area contributed by atoms with Gasteiger partial charge in [-0.25, -0.2) is 4.79 Å². The van der Waals surface area contributed by atoms with Crippen LogP contribution in [0.5, 0.6) is 0 Å². The first kappa shape index (κ1) is 22.8. The zero-order valence-electron chi connectivity index (χ0n) is 20.6. The van der Waals surface area contributed by atoms with E-state index in [2.05, 4.69) is 34.2 Å². The maximum atomic E-state index is 13.4. The summed E-state index contributed by atoms with van der Waals surface area (Å²) in [6.07, 6.45) is 5.44. The van der Waals surface area contributed by atoms with Crippen LogP contribution in [0.25, 0.3) is 38.8 Å². The molecule has 0 amide bonds. The molecule has 180 valence electrons. The van der Waals surface area contributed by atoms with E-state index in [-0.39, 0.29) is 18.3 Å². The summed E-state index contributed by atoms with van der Waals surface area (Å²) >= 11 is 0. The van der Waals surface area contributed by atoms with Gasteiger partial charge >= 0.3 is 5.69 Å². The van der Waals surface area contributed by atoms with Gasteiger partial charge in [-0.2, -0.15) is 5.10 Å². The number of nitrogens with one attached hydrogen (secondary N) is 1. The smallest absolute Gasteiger partial charge is 0.333 e. The van der Waals surface area contributed by atoms with Crippen molar-refractivity contribution in [1.82, 2.24) is 28.9 Å². The van der Waals surface area contributed by atoms with Gasteiger partial charge in [-0.1, -0.05) is 6.07 Å². The molecule has 0 atom stereocenters. The number of aliphatic hydroxyl groups is 1. The van der Waals surface area contributed by atoms with Crippen molar-refractivity contribution >= 4 is 27.6 Å². The van der Waals surface area contributed by atoms with Gasteiger partial charge in [-0.3, -0.25) is 23.8 Å². The summed E-state index contributed by atoms with van der Waals surface area (Å²) in [6.45, 7) is 8.64. The van der Waals surface area contributed by atoms with E-state index < -0.39 is 0 Å². The lowest BCUT2D eigenvalue weighted by molar-refractivity contribution is 0.277. The number of rotatable bonds is 6. The minimum absolute atomic E-state index is 0.134. The lowest BCUT2D eigenvalue weighted by Crippen LogP contribution is -2.21. The summed E-state index contributed by atoms with van der Waals surface area (Å²) in [5.74, 6) is 0. The van der Waals surface area contributed by atoms with E-state index in [0.29, 0.717) is 5.69 Å². The molecule has 0 aliphatic carbocycles. The summed E-state index contributed by atoms with van der Waals surface area (Å²) in [5, 5.41) is 18.4. The summed E-state index contributed by atoms with van der Waals surface area (Å²) in [5.41, 5.74) is 7.00. The highest BCUT2D eigenvalue weighted by molar-refractivity contribution is 6.04. The first-order valence-corrected chi connectivity index (χ1v) is 11.7. The van der Waals surface area contributed by atoms with Gasteiger partial charge in [0.1, 0.15) is 0 Å². The van der Waals surface area contributed by atoms with Crippen molar-refractivity contribution in [3.8, 4) is 16.8 Å². The number of benzene rings is 1. The number of hydrogen-bond acceptors (Lipinski definition) is 6. The summed E-state index contributed by atoms with van der Waals surface area (Å²) in [6, 6.07) is 8.18. The third kappa shape index (κ3) is 3.68. The van der Waals surface area contributed by atoms with E-state index in [9.17, 15) is 9.90 Å². The molecule has 9 heteroatoms. The van der Waals surface area contributed by atoms with Crippen molar-refractivity contribution in [1.29, 1.82) is 0 Å². The van der Waals surface area contributed by atoms with Crippen molar-refractivity contribution in [3.63, 3.8) is 0 Å². The average Bonchev–Trinajstić information content (AvgIpc) is 3.36. The first-order chi connectivity index (χ1) is 16.8. The molecule has 0 unspecified atom stereocenters. The number of fused-ring (bicyclic) bond motifs is 3. The second-order valence-electron chi connectivity index (χ2n) is 8.98. The summed E-state index contributed by atoms with van der Waals surface area (Å²) in [4.78, 5) is 22.5. The second-order valence-corrected chi connectivity index (χ2v) is 8.98. The Kier molecular flexibility index (Phi) is 5.64. The molecule has 1 aromatic carbocycles. The predicted molar refractivity (Wildman–Crippen MR) is 138 cm³/mol. The van der Waals surface area contributed by atoms with Crippen molar-refractivity contribution in [3.05, 3.63) is 64.7 Å². The normalized spacial score (nSPS) is 11.7. The maximum absolute atomic E-state index is 13.4. The van der Waals surface area contributed by atoms with Gasteiger partial charge in [-0.15, -0.1) is 0 Å². The summed E-state index contributed by atoms with van der Waals surface area (Å²) < 4.78 is 5.24. The SMILES string of the molecule is CCNc1cc(-c2ccc3ncc4c(c3c2)n(-c2cn(C(C)C)nc2C)c(=O)n4C)cnc1CO. The molecule has 0 saturated carbocycles. The fourth-order valence-corrected chi connectivity index (χ4v) is 4.48. The lowest BCUT2D eigenvalue weighted by atomic mass is 10.0. The van der Waals surface area contributed by atoms with Gasteiger partial charge in [0.25, 0.3) is 0 Å². The lowest BCUT2D eigenvalue weighted by Gasteiger charge is -2.11. The van der Waals surface area contributed by atoms with E-state index in [0.717, 1.165) is 56.7 Å². The standard InChI is InChI=1S/C26H29N7O2/c1-6-27-21-10-18(11-28-22(21)14-34)17-7-8-20-19(9-17)25-23(12-29-20)31(5)26(35)33(25)24-13-32(15(2)3)30-16(24)4/h7-13,15,27,34H,6,14H2,1-5H3. The number of aromatic nitrogens is 6. The second kappa shape index (κ2) is 8.66. The van der Waals surface area contributed by atoms with Gasteiger partial charge in [0.15, 0.2) is 0 Å². The van der Waals surface area contributed by atoms with Gasteiger partial charge in [0, 0.05) is 43.0 Å². The van der Waals surface area contributed by atoms with Gasteiger partial charge in [0.2, 0.25) is 0 Å². The quantitative estimate of drug-likeness (QED) is 0.389. The molecule has 5 rings (SSSR count). The number of aliphatic hydroxyl groups excluding tert-OH is 1. The molecule has 5 aromatic rings. The van der Waals surface area contributed by atoms with Crippen LogP contribution >= 0.6 is 0 Å². The maximum Gasteiger partial charge on any atom is 0.333 e. The highest BCUT2D eigenvalue weighted by atomic mass is 16.3. The molecule has 4 aromatic heterocycles. The fraction of sp³-hybridized carbons (Fsp3) is 0.308. The Morgan fingerprint density at radius 1 is 1.11 bits per heavy atom. The van der Waals surface area contributed by atoms with Crippen LogP contribution < -0.4 is 11.0 Å². The van der Waals surface area contributed by atoms with E-state index in [1.54, 1.807) is 28.6 Å². The monoisotopic (exact) mass is 471 g/mol. The fourth-order valence-electron chi connectivity index (χ4n) is 4.48. The minimum atomic E-state index is -0.144. The van der Waals surface area contributed by atoms with Crippen molar-refractivity contribution in [2.24, 2.45) is 7.05 Å². The minimum Gasteiger partial charge on any atom is -0.390 e. The van der Waals surface area contributed by atoms with Gasteiger partial charge in [0.05, 0.1) is 52.1 Å². The molecule has 9 nitrogen and oxygen atoms in total. The zero-order chi connectivity index (χ0) is 24.9. The summed E-state index contributed by atoms with van der Waals surface area (Å²) in [7, 11) is 1.76. The van der Waals surface area contributed by atoms with Crippen LogP contribution in [-0.4, -0.2) is 40.5 Å². The predicted octanol–water partition coefficient (Wildman–Crippen LogP) is 3.95. The largest absolute Gasteiger partial charge is 0.390 e. The molecule has 0 radical (unpaired) electrons. The molecule has 0 aliphatic heterocycles. The molecule has 0 fully saturated rings. The molecule has 0 aliphatic rings.